The van der Waals surface area contributed by atoms with Gasteiger partial charge in [0.2, 0.25) is 0 Å². The van der Waals surface area contributed by atoms with Crippen LogP contribution in [0.2, 0.25) is 10.0 Å². The van der Waals surface area contributed by atoms with Crippen molar-refractivity contribution in [2.75, 3.05) is 0 Å². The summed E-state index contributed by atoms with van der Waals surface area (Å²) in [7, 11) is 0. The molecule has 0 amide bonds. The highest BCUT2D eigenvalue weighted by Crippen LogP contribution is 2.44. The van der Waals surface area contributed by atoms with Crippen LogP contribution in [-0.4, -0.2) is 6.04 Å². The van der Waals surface area contributed by atoms with Crippen LogP contribution in [0.5, 0.6) is 0 Å². The summed E-state index contributed by atoms with van der Waals surface area (Å²) in [6.45, 7) is 2.22. The van der Waals surface area contributed by atoms with Crippen LogP contribution in [0.4, 0.5) is 0 Å². The summed E-state index contributed by atoms with van der Waals surface area (Å²) in [5, 5.41) is 1.28. The molecule has 2 N–H and O–H groups in total. The highest BCUT2D eigenvalue weighted by Gasteiger charge is 2.39. The Labute approximate surface area is 132 Å². The number of nitrogens with two attached hydrogens (primary N) is 1. The van der Waals surface area contributed by atoms with Crippen LogP contribution in [0.15, 0.2) is 18.2 Å². The first-order valence-electron chi connectivity index (χ1n) is 7.81. The second kappa shape index (κ2) is 7.15. The summed E-state index contributed by atoms with van der Waals surface area (Å²) in [5.41, 5.74) is 8.00. The summed E-state index contributed by atoms with van der Waals surface area (Å²) in [4.78, 5) is 0. The predicted molar refractivity (Wildman–Crippen MR) is 88.7 cm³/mol. The molecule has 0 bridgehead atoms. The molecule has 112 valence electrons. The quantitative estimate of drug-likeness (QED) is 0.740. The van der Waals surface area contributed by atoms with E-state index in [1.165, 1.54) is 50.5 Å². The van der Waals surface area contributed by atoms with Gasteiger partial charge in [0.1, 0.15) is 0 Å². The fourth-order valence-electron chi connectivity index (χ4n) is 3.56. The van der Waals surface area contributed by atoms with Crippen LogP contribution >= 0.6 is 23.2 Å². The lowest BCUT2D eigenvalue weighted by Gasteiger charge is -2.43. The largest absolute Gasteiger partial charge is 0.327 e. The molecule has 1 aromatic rings. The molecule has 1 saturated carbocycles. The molecular weight excluding hydrogens is 289 g/mol. The maximum atomic E-state index is 6.61. The molecule has 1 nitrogen and oxygen atoms in total. The van der Waals surface area contributed by atoms with Gasteiger partial charge in [0.25, 0.3) is 0 Å². The molecule has 20 heavy (non-hydrogen) atoms. The SMILES string of the molecule is CCCCC(N)C1(c2ccc(Cl)c(Cl)c2)CCCCC1. The molecule has 1 fully saturated rings. The minimum atomic E-state index is 0.0989. The number of unbranched alkanes of at least 4 members (excludes halogenated alkanes) is 1. The molecule has 0 aliphatic heterocycles. The first-order chi connectivity index (χ1) is 9.60. The number of benzene rings is 1. The molecule has 0 saturated heterocycles. The fourth-order valence-corrected chi connectivity index (χ4v) is 3.86. The molecule has 0 radical (unpaired) electrons. The summed E-state index contributed by atoms with van der Waals surface area (Å²) >= 11 is 12.3. The highest BCUT2D eigenvalue weighted by atomic mass is 35.5. The van der Waals surface area contributed by atoms with E-state index in [0.29, 0.717) is 10.0 Å². The zero-order chi connectivity index (χ0) is 14.6. The van der Waals surface area contributed by atoms with Gasteiger partial charge in [-0.3, -0.25) is 0 Å². The molecule has 2 rings (SSSR count). The van der Waals surface area contributed by atoms with Crippen molar-refractivity contribution >= 4 is 23.2 Å². The van der Waals surface area contributed by atoms with Crippen LogP contribution in [0.3, 0.4) is 0 Å². The van der Waals surface area contributed by atoms with Crippen molar-refractivity contribution in [1.29, 1.82) is 0 Å². The lowest BCUT2D eigenvalue weighted by molar-refractivity contribution is 0.231. The van der Waals surface area contributed by atoms with E-state index in [-0.39, 0.29) is 11.5 Å². The van der Waals surface area contributed by atoms with Crippen molar-refractivity contribution in [3.63, 3.8) is 0 Å². The standard InChI is InChI=1S/C17H25Cl2N/c1-2-3-7-16(20)17(10-5-4-6-11-17)13-8-9-14(18)15(19)12-13/h8-9,12,16H,2-7,10-11,20H2,1H3. The van der Waals surface area contributed by atoms with Crippen molar-refractivity contribution < 1.29 is 0 Å². The van der Waals surface area contributed by atoms with E-state index in [1.54, 1.807) is 0 Å². The Morgan fingerprint density at radius 1 is 1.15 bits per heavy atom. The van der Waals surface area contributed by atoms with Crippen molar-refractivity contribution in [2.24, 2.45) is 5.73 Å². The Hall–Kier alpha value is -0.240. The van der Waals surface area contributed by atoms with E-state index >= 15 is 0 Å². The Balaban J connectivity index is 2.32. The molecule has 1 aromatic carbocycles. The number of hydrogen-bond donors (Lipinski definition) is 1. The summed E-state index contributed by atoms with van der Waals surface area (Å²) in [6.07, 6.45) is 9.70. The third kappa shape index (κ3) is 3.32. The zero-order valence-corrected chi connectivity index (χ0v) is 13.8. The van der Waals surface area contributed by atoms with E-state index in [9.17, 15) is 0 Å². The van der Waals surface area contributed by atoms with Crippen molar-refractivity contribution in [2.45, 2.75) is 69.7 Å². The number of halogens is 2. The van der Waals surface area contributed by atoms with Crippen molar-refractivity contribution in [3.8, 4) is 0 Å². The minimum absolute atomic E-state index is 0.0989. The summed E-state index contributed by atoms with van der Waals surface area (Å²) in [6, 6.07) is 6.31. The average molecular weight is 314 g/mol. The summed E-state index contributed by atoms with van der Waals surface area (Å²) < 4.78 is 0. The maximum absolute atomic E-state index is 6.61. The van der Waals surface area contributed by atoms with E-state index < -0.39 is 0 Å². The maximum Gasteiger partial charge on any atom is 0.0595 e. The molecule has 0 aromatic heterocycles. The second-order valence-corrected chi connectivity index (χ2v) is 6.91. The Kier molecular flexibility index (Phi) is 5.77. The highest BCUT2D eigenvalue weighted by molar-refractivity contribution is 6.42. The van der Waals surface area contributed by atoms with Crippen molar-refractivity contribution in [3.05, 3.63) is 33.8 Å². The van der Waals surface area contributed by atoms with E-state index in [1.807, 2.05) is 12.1 Å². The van der Waals surface area contributed by atoms with Crippen LogP contribution < -0.4 is 5.73 Å². The molecule has 1 aliphatic carbocycles. The monoisotopic (exact) mass is 313 g/mol. The zero-order valence-electron chi connectivity index (χ0n) is 12.3. The molecule has 1 unspecified atom stereocenters. The van der Waals surface area contributed by atoms with E-state index in [4.69, 9.17) is 28.9 Å². The lowest BCUT2D eigenvalue weighted by Crippen LogP contribution is -2.46. The first kappa shape index (κ1) is 16.1. The molecule has 1 aliphatic rings. The van der Waals surface area contributed by atoms with Crippen LogP contribution in [0.25, 0.3) is 0 Å². The van der Waals surface area contributed by atoms with Crippen molar-refractivity contribution in [1.82, 2.24) is 0 Å². The minimum Gasteiger partial charge on any atom is -0.327 e. The fraction of sp³-hybridized carbons (Fsp3) is 0.647. The number of rotatable bonds is 5. The van der Waals surface area contributed by atoms with Gasteiger partial charge in [0, 0.05) is 11.5 Å². The Morgan fingerprint density at radius 3 is 2.45 bits per heavy atom. The normalized spacial score (nSPS) is 19.8. The van der Waals surface area contributed by atoms with Gasteiger partial charge >= 0.3 is 0 Å². The average Bonchev–Trinajstić information content (AvgIpc) is 2.48. The van der Waals surface area contributed by atoms with Gasteiger partial charge in [-0.2, -0.15) is 0 Å². The van der Waals surface area contributed by atoms with Crippen LogP contribution in [-0.2, 0) is 5.41 Å². The van der Waals surface area contributed by atoms with Gasteiger partial charge in [-0.1, -0.05) is 68.3 Å². The second-order valence-electron chi connectivity index (χ2n) is 6.09. The van der Waals surface area contributed by atoms with Gasteiger partial charge in [-0.05, 0) is 37.0 Å². The van der Waals surface area contributed by atoms with Gasteiger partial charge in [-0.25, -0.2) is 0 Å². The van der Waals surface area contributed by atoms with Gasteiger partial charge in [-0.15, -0.1) is 0 Å². The van der Waals surface area contributed by atoms with E-state index in [0.717, 1.165) is 6.42 Å². The molecule has 0 heterocycles. The van der Waals surface area contributed by atoms with E-state index in [2.05, 4.69) is 13.0 Å². The number of hydrogen-bond acceptors (Lipinski definition) is 1. The Morgan fingerprint density at radius 2 is 1.85 bits per heavy atom. The first-order valence-corrected chi connectivity index (χ1v) is 8.57. The third-order valence-electron chi connectivity index (χ3n) is 4.82. The van der Waals surface area contributed by atoms with Gasteiger partial charge in [0.15, 0.2) is 0 Å². The van der Waals surface area contributed by atoms with Gasteiger partial charge < -0.3 is 5.73 Å². The third-order valence-corrected chi connectivity index (χ3v) is 5.56. The lowest BCUT2D eigenvalue weighted by atomic mass is 9.64. The van der Waals surface area contributed by atoms with Crippen LogP contribution in [0, 0.1) is 0 Å². The molecule has 0 spiro atoms. The molecule has 3 heteroatoms. The Bertz CT molecular complexity index is 439. The van der Waals surface area contributed by atoms with Crippen LogP contribution in [0.1, 0.15) is 63.9 Å². The predicted octanol–water partition coefficient (Wildman–Crippen LogP) is 5.71. The molecule has 1 atom stereocenters. The van der Waals surface area contributed by atoms with Gasteiger partial charge in [0.05, 0.1) is 10.0 Å². The summed E-state index contributed by atoms with van der Waals surface area (Å²) in [5.74, 6) is 0. The topological polar surface area (TPSA) is 26.0 Å². The molecular formula is C17H25Cl2N. The smallest absolute Gasteiger partial charge is 0.0595 e.